The van der Waals surface area contributed by atoms with Gasteiger partial charge in [-0.3, -0.25) is 9.88 Å². The van der Waals surface area contributed by atoms with Crippen LogP contribution >= 0.6 is 0 Å². The minimum Gasteiger partial charge on any atom is -0.506 e. The smallest absolute Gasteiger partial charge is 0.133 e. The lowest BCUT2D eigenvalue weighted by Crippen LogP contribution is -2.34. The Morgan fingerprint density at radius 2 is 1.81 bits per heavy atom. The van der Waals surface area contributed by atoms with Crippen LogP contribution in [0.15, 0.2) is 18.3 Å². The van der Waals surface area contributed by atoms with Crippen molar-refractivity contribution in [3.8, 4) is 5.75 Å². The molecule has 26 heavy (non-hydrogen) atoms. The molecule has 0 amide bonds. The second-order valence-electron chi connectivity index (χ2n) is 9.04. The SMILES string of the molecule is Oc1ccc(C(O)CN2C[C@@H]3C[C@](O)(CC4CCCCC4)C[C@@H]3C2)nc1. The molecule has 2 aliphatic carbocycles. The Morgan fingerprint density at radius 3 is 2.42 bits per heavy atom. The van der Waals surface area contributed by atoms with Crippen LogP contribution in [0.25, 0.3) is 0 Å². The van der Waals surface area contributed by atoms with Crippen molar-refractivity contribution in [3.63, 3.8) is 0 Å². The van der Waals surface area contributed by atoms with Crippen LogP contribution in [-0.4, -0.2) is 50.4 Å². The minimum absolute atomic E-state index is 0.119. The molecule has 1 aliphatic heterocycles. The zero-order chi connectivity index (χ0) is 18.1. The van der Waals surface area contributed by atoms with Crippen LogP contribution in [0.2, 0.25) is 0 Å². The number of aliphatic hydroxyl groups excluding tert-OH is 1. The summed E-state index contributed by atoms with van der Waals surface area (Å²) in [6, 6.07) is 3.25. The van der Waals surface area contributed by atoms with Gasteiger partial charge < -0.3 is 15.3 Å². The number of fused-ring (bicyclic) bond motifs is 1. The molecule has 2 saturated carbocycles. The Morgan fingerprint density at radius 1 is 1.12 bits per heavy atom. The number of hydrogen-bond acceptors (Lipinski definition) is 5. The van der Waals surface area contributed by atoms with Gasteiger partial charge in [-0.2, -0.15) is 0 Å². The lowest BCUT2D eigenvalue weighted by Gasteiger charge is -2.32. The second kappa shape index (κ2) is 7.45. The van der Waals surface area contributed by atoms with Crippen molar-refractivity contribution in [2.45, 2.75) is 63.1 Å². The van der Waals surface area contributed by atoms with Crippen molar-refractivity contribution >= 4 is 0 Å². The van der Waals surface area contributed by atoms with Gasteiger partial charge in [-0.1, -0.05) is 32.1 Å². The van der Waals surface area contributed by atoms with Gasteiger partial charge in [0.15, 0.2) is 0 Å². The highest BCUT2D eigenvalue weighted by Gasteiger charge is 2.48. The van der Waals surface area contributed by atoms with Crippen LogP contribution in [0.4, 0.5) is 0 Å². The number of likely N-dealkylation sites (tertiary alicyclic amines) is 1. The van der Waals surface area contributed by atoms with E-state index < -0.39 is 11.7 Å². The summed E-state index contributed by atoms with van der Waals surface area (Å²) in [5.41, 5.74) is 0.161. The van der Waals surface area contributed by atoms with Crippen molar-refractivity contribution < 1.29 is 15.3 Å². The van der Waals surface area contributed by atoms with E-state index in [0.29, 0.717) is 24.1 Å². The normalized spacial score (nSPS) is 34.1. The standard InChI is InChI=1S/C21H32N2O3/c24-18-6-7-19(22-11-18)20(25)14-23-12-16-9-21(26,10-17(16)13-23)8-15-4-2-1-3-5-15/h6-7,11,15-17,20,24-26H,1-5,8-10,12-14H2/t16-,17+,20?,21+. The number of aromatic hydroxyl groups is 1. The summed E-state index contributed by atoms with van der Waals surface area (Å²) in [6.45, 7) is 2.51. The van der Waals surface area contributed by atoms with Crippen LogP contribution in [-0.2, 0) is 0 Å². The summed E-state index contributed by atoms with van der Waals surface area (Å²) in [6.07, 6.45) is 10.3. The highest BCUT2D eigenvalue weighted by atomic mass is 16.3. The molecule has 4 rings (SSSR count). The first kappa shape index (κ1) is 18.2. The van der Waals surface area contributed by atoms with E-state index in [0.717, 1.165) is 38.3 Å². The molecule has 0 bridgehead atoms. The fraction of sp³-hybridized carbons (Fsp3) is 0.762. The summed E-state index contributed by atoms with van der Waals surface area (Å²) in [7, 11) is 0. The van der Waals surface area contributed by atoms with Gasteiger partial charge in [-0.25, -0.2) is 0 Å². The van der Waals surface area contributed by atoms with E-state index in [-0.39, 0.29) is 5.75 Å². The molecule has 5 heteroatoms. The molecule has 2 heterocycles. The second-order valence-corrected chi connectivity index (χ2v) is 9.04. The largest absolute Gasteiger partial charge is 0.506 e. The predicted molar refractivity (Wildman–Crippen MR) is 99.7 cm³/mol. The van der Waals surface area contributed by atoms with Crippen molar-refractivity contribution in [3.05, 3.63) is 24.0 Å². The highest BCUT2D eigenvalue weighted by molar-refractivity contribution is 5.19. The van der Waals surface area contributed by atoms with Gasteiger partial charge in [-0.05, 0) is 49.1 Å². The summed E-state index contributed by atoms with van der Waals surface area (Å²) >= 11 is 0. The Balaban J connectivity index is 1.28. The quantitative estimate of drug-likeness (QED) is 0.753. The lowest BCUT2D eigenvalue weighted by atomic mass is 9.79. The highest BCUT2D eigenvalue weighted by Crippen LogP contribution is 2.48. The molecule has 0 radical (unpaired) electrons. The number of aromatic nitrogens is 1. The molecule has 0 spiro atoms. The average Bonchev–Trinajstić information content (AvgIpc) is 3.10. The minimum atomic E-state index is -0.629. The van der Waals surface area contributed by atoms with Crippen LogP contribution < -0.4 is 0 Å². The van der Waals surface area contributed by atoms with Gasteiger partial charge in [-0.15, -0.1) is 0 Å². The third-order valence-electron chi connectivity index (χ3n) is 6.87. The van der Waals surface area contributed by atoms with Gasteiger partial charge >= 0.3 is 0 Å². The van der Waals surface area contributed by atoms with E-state index >= 15 is 0 Å². The van der Waals surface area contributed by atoms with Gasteiger partial charge in [0.2, 0.25) is 0 Å². The van der Waals surface area contributed by atoms with E-state index in [2.05, 4.69) is 9.88 Å². The van der Waals surface area contributed by atoms with Crippen LogP contribution in [0, 0.1) is 17.8 Å². The summed E-state index contributed by atoms with van der Waals surface area (Å²) in [5.74, 6) is 1.96. The zero-order valence-electron chi connectivity index (χ0n) is 15.6. The maximum atomic E-state index is 11.1. The van der Waals surface area contributed by atoms with E-state index in [1.807, 2.05) is 0 Å². The van der Waals surface area contributed by atoms with E-state index in [4.69, 9.17) is 0 Å². The third-order valence-corrected chi connectivity index (χ3v) is 6.87. The molecular formula is C21H32N2O3. The molecule has 4 atom stereocenters. The molecular weight excluding hydrogens is 328 g/mol. The van der Waals surface area contributed by atoms with Gasteiger partial charge in [0.25, 0.3) is 0 Å². The molecule has 144 valence electrons. The number of rotatable bonds is 5. The number of pyridine rings is 1. The van der Waals surface area contributed by atoms with Gasteiger partial charge in [0.05, 0.1) is 17.5 Å². The first-order valence-corrected chi connectivity index (χ1v) is 10.3. The van der Waals surface area contributed by atoms with E-state index in [1.165, 1.54) is 38.3 Å². The van der Waals surface area contributed by atoms with Gasteiger partial charge in [0.1, 0.15) is 11.9 Å². The molecule has 5 nitrogen and oxygen atoms in total. The third kappa shape index (κ3) is 4.05. The maximum absolute atomic E-state index is 11.1. The fourth-order valence-corrected chi connectivity index (χ4v) is 5.73. The Hall–Kier alpha value is -1.17. The van der Waals surface area contributed by atoms with Crippen LogP contribution in [0.5, 0.6) is 5.75 Å². The molecule has 1 aromatic rings. The summed E-state index contributed by atoms with van der Waals surface area (Å²) in [4.78, 5) is 6.43. The molecule has 3 N–H and O–H groups in total. The molecule has 1 aromatic heterocycles. The Bertz CT molecular complexity index is 586. The van der Waals surface area contributed by atoms with Crippen molar-refractivity contribution in [2.24, 2.45) is 17.8 Å². The molecule has 1 saturated heterocycles. The summed E-state index contributed by atoms with van der Waals surface area (Å²) in [5, 5.41) is 30.9. The van der Waals surface area contributed by atoms with Gasteiger partial charge in [0, 0.05) is 19.6 Å². The average molecular weight is 360 g/mol. The number of β-amino-alcohol motifs (C(OH)–C–C–N with tert-alkyl or cyclic N) is 1. The van der Waals surface area contributed by atoms with E-state index in [1.54, 1.807) is 12.1 Å². The van der Waals surface area contributed by atoms with Crippen molar-refractivity contribution in [2.75, 3.05) is 19.6 Å². The number of aliphatic hydroxyl groups is 2. The van der Waals surface area contributed by atoms with Crippen LogP contribution in [0.1, 0.15) is 63.2 Å². The first-order valence-electron chi connectivity index (χ1n) is 10.3. The maximum Gasteiger partial charge on any atom is 0.133 e. The molecule has 3 fully saturated rings. The number of nitrogens with zero attached hydrogens (tertiary/aromatic N) is 2. The predicted octanol–water partition coefficient (Wildman–Crippen LogP) is 2.86. The van der Waals surface area contributed by atoms with E-state index in [9.17, 15) is 15.3 Å². The monoisotopic (exact) mass is 360 g/mol. The number of hydrogen-bond donors (Lipinski definition) is 3. The molecule has 3 aliphatic rings. The van der Waals surface area contributed by atoms with Crippen molar-refractivity contribution in [1.82, 2.24) is 9.88 Å². The zero-order valence-corrected chi connectivity index (χ0v) is 15.6. The first-order chi connectivity index (χ1) is 12.5. The Labute approximate surface area is 156 Å². The fourth-order valence-electron chi connectivity index (χ4n) is 5.73. The Kier molecular flexibility index (Phi) is 5.22. The van der Waals surface area contributed by atoms with Crippen LogP contribution in [0.3, 0.4) is 0 Å². The lowest BCUT2D eigenvalue weighted by molar-refractivity contribution is 0.00454. The van der Waals surface area contributed by atoms with Crippen molar-refractivity contribution in [1.29, 1.82) is 0 Å². The molecule has 1 unspecified atom stereocenters. The summed E-state index contributed by atoms with van der Waals surface area (Å²) < 4.78 is 0. The topological polar surface area (TPSA) is 76.8 Å². The molecule has 0 aromatic carbocycles.